The third-order valence-electron chi connectivity index (χ3n) is 4.55. The van der Waals surface area contributed by atoms with Crippen LogP contribution in [-0.2, 0) is 4.79 Å². The number of carbonyl (C=O) groups excluding carboxylic acids is 1. The SMILES string of the molecule is Cc1nnc(Sc2ccc(/C=C3\SC(=Nc4ccc(C)c(C)c4)NC3=O)cc2[N+](=O)[O-])s1. The summed E-state index contributed by atoms with van der Waals surface area (Å²) in [7, 11) is 0. The smallest absolute Gasteiger partial charge is 0.283 e. The first kappa shape index (κ1) is 22.2. The molecule has 0 spiro atoms. The van der Waals surface area contributed by atoms with Crippen LogP contribution in [0.15, 0.2) is 55.5 Å². The molecule has 0 radical (unpaired) electrons. The number of amidine groups is 1. The van der Waals surface area contributed by atoms with Gasteiger partial charge in [0.2, 0.25) is 0 Å². The van der Waals surface area contributed by atoms with Gasteiger partial charge in [-0.1, -0.05) is 35.2 Å². The van der Waals surface area contributed by atoms with Gasteiger partial charge < -0.3 is 5.32 Å². The number of aryl methyl sites for hydroxylation is 3. The van der Waals surface area contributed by atoms with Gasteiger partial charge in [-0.3, -0.25) is 14.9 Å². The molecule has 0 atom stereocenters. The lowest BCUT2D eigenvalue weighted by Crippen LogP contribution is -2.19. The lowest BCUT2D eigenvalue weighted by atomic mass is 10.1. The number of hydrogen-bond acceptors (Lipinski definition) is 9. The number of aromatic nitrogens is 2. The van der Waals surface area contributed by atoms with E-state index in [4.69, 9.17) is 0 Å². The second-order valence-electron chi connectivity index (χ2n) is 6.92. The van der Waals surface area contributed by atoms with Crippen LogP contribution in [0.4, 0.5) is 11.4 Å². The number of rotatable bonds is 5. The summed E-state index contributed by atoms with van der Waals surface area (Å²) in [5.41, 5.74) is 3.54. The van der Waals surface area contributed by atoms with Crippen molar-refractivity contribution in [3.63, 3.8) is 0 Å². The molecule has 2 heterocycles. The fourth-order valence-electron chi connectivity index (χ4n) is 2.81. The van der Waals surface area contributed by atoms with Crippen molar-refractivity contribution in [1.29, 1.82) is 0 Å². The quantitative estimate of drug-likeness (QED) is 0.293. The molecule has 1 N–H and O–H groups in total. The maximum atomic E-state index is 12.4. The highest BCUT2D eigenvalue weighted by molar-refractivity contribution is 8.18. The van der Waals surface area contributed by atoms with E-state index in [1.807, 2.05) is 39.0 Å². The van der Waals surface area contributed by atoms with Crippen LogP contribution >= 0.6 is 34.9 Å². The summed E-state index contributed by atoms with van der Waals surface area (Å²) in [6, 6.07) is 10.7. The standard InChI is InChI=1S/C21H17N5O3S3/c1-11-4-6-15(8-12(11)2)22-20-23-19(27)18(31-20)10-14-5-7-17(16(9-14)26(28)29)32-21-25-24-13(3)30-21/h4-10H,1-3H3,(H,22,23,27)/b18-10-. The van der Waals surface area contributed by atoms with Crippen LogP contribution in [0.2, 0.25) is 0 Å². The van der Waals surface area contributed by atoms with Crippen molar-refractivity contribution in [2.45, 2.75) is 30.0 Å². The fraction of sp³-hybridized carbons (Fsp3) is 0.143. The molecule has 8 nitrogen and oxygen atoms in total. The van der Waals surface area contributed by atoms with E-state index < -0.39 is 4.92 Å². The average Bonchev–Trinajstić information content (AvgIpc) is 3.30. The Morgan fingerprint density at radius 1 is 1.12 bits per heavy atom. The Morgan fingerprint density at radius 3 is 2.62 bits per heavy atom. The van der Waals surface area contributed by atoms with E-state index in [2.05, 4.69) is 20.5 Å². The molecule has 11 heteroatoms. The summed E-state index contributed by atoms with van der Waals surface area (Å²) >= 11 is 3.77. The molecule has 1 aliphatic rings. The second kappa shape index (κ2) is 9.23. The molecule has 2 aromatic carbocycles. The minimum absolute atomic E-state index is 0.0513. The van der Waals surface area contributed by atoms with E-state index in [1.165, 1.54) is 46.5 Å². The van der Waals surface area contributed by atoms with Gasteiger partial charge in [0.1, 0.15) is 5.01 Å². The fourth-order valence-corrected chi connectivity index (χ4v) is 5.51. The molecule has 0 bridgehead atoms. The lowest BCUT2D eigenvalue weighted by Gasteiger charge is -2.02. The maximum Gasteiger partial charge on any atom is 0.283 e. The van der Waals surface area contributed by atoms with Crippen LogP contribution in [0.1, 0.15) is 21.7 Å². The van der Waals surface area contributed by atoms with Crippen molar-refractivity contribution < 1.29 is 9.72 Å². The van der Waals surface area contributed by atoms with Crippen molar-refractivity contribution in [1.82, 2.24) is 15.5 Å². The molecular formula is C21H17N5O3S3. The highest BCUT2D eigenvalue weighted by Gasteiger charge is 2.25. The van der Waals surface area contributed by atoms with Crippen LogP contribution in [0.25, 0.3) is 6.08 Å². The molecule has 0 unspecified atom stereocenters. The molecule has 162 valence electrons. The number of thioether (sulfide) groups is 1. The van der Waals surface area contributed by atoms with Crippen LogP contribution < -0.4 is 5.32 Å². The monoisotopic (exact) mass is 483 g/mol. The molecule has 1 saturated heterocycles. The molecule has 1 amide bonds. The van der Waals surface area contributed by atoms with Crippen LogP contribution in [-0.4, -0.2) is 26.2 Å². The van der Waals surface area contributed by atoms with E-state index in [-0.39, 0.29) is 11.6 Å². The largest absolute Gasteiger partial charge is 0.300 e. The Balaban J connectivity index is 1.58. The number of benzene rings is 2. The highest BCUT2D eigenvalue weighted by Crippen LogP contribution is 2.37. The topological polar surface area (TPSA) is 110 Å². The lowest BCUT2D eigenvalue weighted by molar-refractivity contribution is -0.387. The predicted octanol–water partition coefficient (Wildman–Crippen LogP) is 5.41. The second-order valence-corrected chi connectivity index (χ2v) is 10.4. The zero-order chi connectivity index (χ0) is 22.8. The zero-order valence-corrected chi connectivity index (χ0v) is 19.7. The van der Waals surface area contributed by atoms with Gasteiger partial charge in [-0.05, 0) is 73.5 Å². The molecule has 0 saturated carbocycles. The van der Waals surface area contributed by atoms with Gasteiger partial charge in [0, 0.05) is 6.07 Å². The number of nitrogens with one attached hydrogen (secondary N) is 1. The van der Waals surface area contributed by atoms with Gasteiger partial charge in [-0.2, -0.15) is 0 Å². The number of nitro benzene ring substituents is 1. The first-order chi connectivity index (χ1) is 15.3. The summed E-state index contributed by atoms with van der Waals surface area (Å²) in [6.07, 6.45) is 1.62. The zero-order valence-electron chi connectivity index (χ0n) is 17.3. The van der Waals surface area contributed by atoms with Gasteiger partial charge in [-0.15, -0.1) is 10.2 Å². The van der Waals surface area contributed by atoms with Gasteiger partial charge in [0.25, 0.3) is 11.6 Å². The minimum atomic E-state index is -0.438. The summed E-state index contributed by atoms with van der Waals surface area (Å²) in [5, 5.41) is 23.6. The van der Waals surface area contributed by atoms with Gasteiger partial charge in [0.15, 0.2) is 9.51 Å². The summed E-state index contributed by atoms with van der Waals surface area (Å²) in [6.45, 7) is 5.86. The number of carbonyl (C=O) groups is 1. The Bertz CT molecular complexity index is 1300. The molecule has 1 fully saturated rings. The number of amides is 1. The van der Waals surface area contributed by atoms with E-state index in [0.717, 1.165) is 16.3 Å². The van der Waals surface area contributed by atoms with Crippen molar-refractivity contribution >= 4 is 63.4 Å². The minimum Gasteiger partial charge on any atom is -0.300 e. The van der Waals surface area contributed by atoms with E-state index in [9.17, 15) is 14.9 Å². The predicted molar refractivity (Wildman–Crippen MR) is 129 cm³/mol. The molecule has 0 aliphatic carbocycles. The molecule has 1 aliphatic heterocycles. The first-order valence-electron chi connectivity index (χ1n) is 9.42. The third-order valence-corrected chi connectivity index (χ3v) is 7.42. The molecular weight excluding hydrogens is 466 g/mol. The van der Waals surface area contributed by atoms with Gasteiger partial charge >= 0.3 is 0 Å². The van der Waals surface area contributed by atoms with Gasteiger partial charge in [0.05, 0.1) is 20.4 Å². The Morgan fingerprint density at radius 2 is 1.94 bits per heavy atom. The van der Waals surface area contributed by atoms with Crippen LogP contribution in [0, 0.1) is 30.9 Å². The first-order valence-corrected chi connectivity index (χ1v) is 11.9. The Kier molecular flexibility index (Phi) is 6.40. The van der Waals surface area contributed by atoms with Crippen molar-refractivity contribution in [3.05, 3.63) is 73.1 Å². The number of nitro groups is 1. The summed E-state index contributed by atoms with van der Waals surface area (Å²) in [5.74, 6) is -0.289. The van der Waals surface area contributed by atoms with E-state index in [1.54, 1.807) is 18.2 Å². The van der Waals surface area contributed by atoms with Crippen molar-refractivity contribution in [2.24, 2.45) is 4.99 Å². The summed E-state index contributed by atoms with van der Waals surface area (Å²) in [4.78, 5) is 29.0. The van der Waals surface area contributed by atoms with Gasteiger partial charge in [-0.25, -0.2) is 4.99 Å². The van der Waals surface area contributed by atoms with E-state index >= 15 is 0 Å². The Labute approximate surface area is 196 Å². The summed E-state index contributed by atoms with van der Waals surface area (Å²) < 4.78 is 0.634. The average molecular weight is 484 g/mol. The van der Waals surface area contributed by atoms with Crippen molar-refractivity contribution in [2.75, 3.05) is 0 Å². The van der Waals surface area contributed by atoms with Crippen molar-refractivity contribution in [3.8, 4) is 0 Å². The normalized spacial score (nSPS) is 16.0. The molecule has 1 aromatic heterocycles. The number of aliphatic imine (C=N–C) groups is 1. The molecule has 4 rings (SSSR count). The molecule has 3 aromatic rings. The molecule has 32 heavy (non-hydrogen) atoms. The third kappa shape index (κ3) is 5.06. The van der Waals surface area contributed by atoms with Crippen LogP contribution in [0.5, 0.6) is 0 Å². The Hall–Kier alpha value is -3.02. The number of hydrogen-bond donors (Lipinski definition) is 1. The number of nitrogens with zero attached hydrogens (tertiary/aromatic N) is 4. The van der Waals surface area contributed by atoms with E-state index in [0.29, 0.717) is 24.9 Å². The maximum absolute atomic E-state index is 12.4. The highest BCUT2D eigenvalue weighted by atomic mass is 32.2. The van der Waals surface area contributed by atoms with Crippen LogP contribution in [0.3, 0.4) is 0 Å².